The maximum absolute atomic E-state index is 11.4. The molecule has 1 aliphatic rings. The smallest absolute Gasteiger partial charge is 0.159 e. The topological polar surface area (TPSA) is 81.2 Å². The number of carbonyl (C=O) groups is 1. The molecule has 4 rings (SSSR count). The number of aromatic nitrogens is 2. The lowest BCUT2D eigenvalue weighted by Gasteiger charge is -2.07. The van der Waals surface area contributed by atoms with Crippen molar-refractivity contribution < 1.29 is 4.79 Å². The molecule has 0 spiro atoms. The Balaban J connectivity index is 1.72. The lowest BCUT2D eigenvalue weighted by atomic mass is 10.1. The van der Waals surface area contributed by atoms with Crippen LogP contribution < -0.4 is 5.73 Å². The van der Waals surface area contributed by atoms with Gasteiger partial charge in [0.25, 0.3) is 0 Å². The predicted octanol–water partition coefficient (Wildman–Crippen LogP) is 3.61. The molecule has 0 saturated heterocycles. The van der Waals surface area contributed by atoms with E-state index in [1.807, 2.05) is 30.3 Å². The Hall–Kier alpha value is -3.34. The van der Waals surface area contributed by atoms with Crippen LogP contribution in [0, 0.1) is 0 Å². The largest absolute Gasteiger partial charge is 0.382 e. The van der Waals surface area contributed by atoms with Crippen molar-refractivity contribution in [1.29, 1.82) is 0 Å². The molecule has 5 nitrogen and oxygen atoms in total. The molecule has 0 amide bonds. The van der Waals surface area contributed by atoms with Gasteiger partial charge in [0.2, 0.25) is 0 Å². The number of Topliss-reactive ketones (excluding diaryl/α,β-unsaturated/α-hetero) is 1. The Morgan fingerprint density at radius 2 is 1.84 bits per heavy atom. The summed E-state index contributed by atoms with van der Waals surface area (Å²) in [6.07, 6.45) is 2.34. The van der Waals surface area contributed by atoms with Crippen LogP contribution in [0.3, 0.4) is 0 Å². The maximum atomic E-state index is 11.4. The lowest BCUT2D eigenvalue weighted by molar-refractivity contribution is 0.101. The Kier molecular flexibility index (Phi) is 3.61. The first kappa shape index (κ1) is 15.2. The Morgan fingerprint density at radius 3 is 2.56 bits per heavy atom. The van der Waals surface area contributed by atoms with Crippen LogP contribution in [0.15, 0.2) is 59.7 Å². The fourth-order valence-electron chi connectivity index (χ4n) is 2.90. The first-order valence-corrected chi connectivity index (χ1v) is 8.01. The zero-order valence-electron chi connectivity index (χ0n) is 13.7. The number of rotatable bonds is 3. The molecular formula is C20H16N4O. The van der Waals surface area contributed by atoms with Crippen LogP contribution in [0.4, 0.5) is 11.5 Å². The van der Waals surface area contributed by atoms with E-state index in [1.165, 1.54) is 0 Å². The fourth-order valence-corrected chi connectivity index (χ4v) is 2.90. The Labute approximate surface area is 145 Å². The zero-order chi connectivity index (χ0) is 17.4. The predicted molar refractivity (Wildman–Crippen MR) is 98.2 cm³/mol. The van der Waals surface area contributed by atoms with E-state index in [4.69, 9.17) is 5.73 Å². The third kappa shape index (κ3) is 2.80. The molecule has 2 N–H and O–H groups in total. The fraction of sp³-hybridized carbons (Fsp3) is 0.100. The second-order valence-electron chi connectivity index (χ2n) is 5.99. The van der Waals surface area contributed by atoms with Gasteiger partial charge in [-0.1, -0.05) is 42.5 Å². The van der Waals surface area contributed by atoms with Crippen LogP contribution in [0.5, 0.6) is 0 Å². The molecule has 0 atom stereocenters. The highest BCUT2D eigenvalue weighted by Crippen LogP contribution is 2.29. The van der Waals surface area contributed by atoms with E-state index in [0.29, 0.717) is 29.2 Å². The number of anilines is 1. The maximum Gasteiger partial charge on any atom is 0.159 e. The van der Waals surface area contributed by atoms with E-state index in [2.05, 4.69) is 21.0 Å². The van der Waals surface area contributed by atoms with Gasteiger partial charge in [0.05, 0.1) is 23.3 Å². The molecule has 2 aromatic carbocycles. The first-order chi connectivity index (χ1) is 12.1. The van der Waals surface area contributed by atoms with Crippen molar-refractivity contribution in [2.45, 2.75) is 13.3 Å². The highest BCUT2D eigenvalue weighted by Gasteiger charge is 2.20. The number of para-hydroxylation sites is 1. The van der Waals surface area contributed by atoms with E-state index >= 15 is 0 Å². The monoisotopic (exact) mass is 328 g/mol. The SMILES string of the molecule is CC(=O)c1ccc(-c2cnc(N)c(C3=Nc4ccccc4C3)n2)cc1. The van der Waals surface area contributed by atoms with Gasteiger partial charge in [-0.15, -0.1) is 0 Å². The van der Waals surface area contributed by atoms with E-state index in [0.717, 1.165) is 22.5 Å². The number of benzene rings is 2. The van der Waals surface area contributed by atoms with Gasteiger partial charge in [0.1, 0.15) is 5.69 Å². The number of hydrogen-bond donors (Lipinski definition) is 1. The molecule has 0 fully saturated rings. The summed E-state index contributed by atoms with van der Waals surface area (Å²) in [5.74, 6) is 0.407. The highest BCUT2D eigenvalue weighted by molar-refractivity contribution is 6.08. The van der Waals surface area contributed by atoms with E-state index < -0.39 is 0 Å². The number of nitrogen functional groups attached to an aromatic ring is 1. The first-order valence-electron chi connectivity index (χ1n) is 8.01. The van der Waals surface area contributed by atoms with Crippen molar-refractivity contribution in [1.82, 2.24) is 9.97 Å². The standard InChI is InChI=1S/C20H16N4O/c1-12(25)13-6-8-14(9-7-13)18-11-22-20(21)19(24-18)17-10-15-4-2-3-5-16(15)23-17/h2-9,11H,10H2,1H3,(H2,21,22). The van der Waals surface area contributed by atoms with Gasteiger partial charge in [-0.2, -0.15) is 0 Å². The summed E-state index contributed by atoms with van der Waals surface area (Å²) in [5.41, 5.74) is 11.9. The van der Waals surface area contributed by atoms with Crippen LogP contribution in [0.2, 0.25) is 0 Å². The normalized spacial score (nSPS) is 12.6. The summed E-state index contributed by atoms with van der Waals surface area (Å²) in [5, 5.41) is 0. The van der Waals surface area contributed by atoms with Gasteiger partial charge < -0.3 is 5.73 Å². The van der Waals surface area contributed by atoms with Gasteiger partial charge in [-0.05, 0) is 18.6 Å². The Morgan fingerprint density at radius 1 is 1.08 bits per heavy atom. The van der Waals surface area contributed by atoms with Gasteiger partial charge in [-0.25, -0.2) is 9.97 Å². The summed E-state index contributed by atoms with van der Waals surface area (Å²) in [4.78, 5) is 25.0. The van der Waals surface area contributed by atoms with Crippen LogP contribution >= 0.6 is 0 Å². The second-order valence-corrected chi connectivity index (χ2v) is 5.99. The van der Waals surface area contributed by atoms with Gasteiger partial charge in [0, 0.05) is 17.5 Å². The van der Waals surface area contributed by atoms with E-state index in [9.17, 15) is 4.79 Å². The third-order valence-corrected chi connectivity index (χ3v) is 4.27. The number of nitrogens with zero attached hydrogens (tertiary/aromatic N) is 3. The second kappa shape index (κ2) is 5.94. The summed E-state index contributed by atoms with van der Waals surface area (Å²) in [6, 6.07) is 15.3. The average molecular weight is 328 g/mol. The van der Waals surface area contributed by atoms with Crippen molar-refractivity contribution in [2.24, 2.45) is 4.99 Å². The van der Waals surface area contributed by atoms with E-state index in [1.54, 1.807) is 25.3 Å². The van der Waals surface area contributed by atoms with Gasteiger partial charge >= 0.3 is 0 Å². The molecule has 0 saturated carbocycles. The molecule has 2 heterocycles. The highest BCUT2D eigenvalue weighted by atomic mass is 16.1. The number of hydrogen-bond acceptors (Lipinski definition) is 5. The molecule has 5 heteroatoms. The molecule has 0 unspecified atom stereocenters. The molecule has 122 valence electrons. The minimum Gasteiger partial charge on any atom is -0.382 e. The Bertz CT molecular complexity index is 1010. The summed E-state index contributed by atoms with van der Waals surface area (Å²) < 4.78 is 0. The minimum atomic E-state index is 0.0358. The molecule has 1 aromatic heterocycles. The molecular weight excluding hydrogens is 312 g/mol. The van der Waals surface area contributed by atoms with Crippen molar-refractivity contribution >= 4 is 23.0 Å². The summed E-state index contributed by atoms with van der Waals surface area (Å²) in [7, 11) is 0. The quantitative estimate of drug-likeness (QED) is 0.745. The van der Waals surface area contributed by atoms with Crippen molar-refractivity contribution in [3.63, 3.8) is 0 Å². The number of carbonyl (C=O) groups excluding carboxylic acids is 1. The molecule has 3 aromatic rings. The molecule has 0 radical (unpaired) electrons. The number of fused-ring (bicyclic) bond motifs is 1. The zero-order valence-corrected chi connectivity index (χ0v) is 13.7. The lowest BCUT2D eigenvalue weighted by Crippen LogP contribution is -2.10. The van der Waals surface area contributed by atoms with Crippen molar-refractivity contribution in [2.75, 3.05) is 5.73 Å². The molecule has 0 bridgehead atoms. The van der Waals surface area contributed by atoms with Gasteiger partial charge in [-0.3, -0.25) is 9.79 Å². The summed E-state index contributed by atoms with van der Waals surface area (Å²) >= 11 is 0. The minimum absolute atomic E-state index is 0.0358. The molecule has 25 heavy (non-hydrogen) atoms. The number of nitrogens with two attached hydrogens (primary N) is 1. The summed E-state index contributed by atoms with van der Waals surface area (Å²) in [6.45, 7) is 1.55. The van der Waals surface area contributed by atoms with E-state index in [-0.39, 0.29) is 5.78 Å². The number of aliphatic imine (C=N–C) groups is 1. The molecule has 0 aliphatic carbocycles. The third-order valence-electron chi connectivity index (χ3n) is 4.27. The van der Waals surface area contributed by atoms with Crippen LogP contribution in [0.25, 0.3) is 11.3 Å². The van der Waals surface area contributed by atoms with Crippen LogP contribution in [-0.4, -0.2) is 21.5 Å². The van der Waals surface area contributed by atoms with Crippen molar-refractivity contribution in [3.8, 4) is 11.3 Å². The molecule has 1 aliphatic heterocycles. The van der Waals surface area contributed by atoms with Gasteiger partial charge in [0.15, 0.2) is 11.6 Å². The van der Waals surface area contributed by atoms with Crippen LogP contribution in [0.1, 0.15) is 28.5 Å². The number of ketones is 1. The average Bonchev–Trinajstić information content (AvgIpc) is 3.06. The van der Waals surface area contributed by atoms with Crippen molar-refractivity contribution in [3.05, 3.63) is 71.5 Å². The van der Waals surface area contributed by atoms with Crippen LogP contribution in [-0.2, 0) is 6.42 Å².